The lowest BCUT2D eigenvalue weighted by molar-refractivity contribution is -0.121. The Balaban J connectivity index is 2.48. The molecule has 7 nitrogen and oxygen atoms in total. The molecule has 0 aliphatic heterocycles. The fourth-order valence-corrected chi connectivity index (χ4v) is 1.11. The van der Waals surface area contributed by atoms with Gasteiger partial charge in [-0.3, -0.25) is 4.79 Å². The second-order valence-electron chi connectivity index (χ2n) is 3.30. The van der Waals surface area contributed by atoms with Crippen LogP contribution in [-0.2, 0) is 11.2 Å². The topological polar surface area (TPSA) is 106 Å². The summed E-state index contributed by atoms with van der Waals surface area (Å²) in [5.41, 5.74) is 5.35. The lowest BCUT2D eigenvalue weighted by atomic mass is 10.3. The zero-order valence-electron chi connectivity index (χ0n) is 9.49. The zero-order valence-corrected chi connectivity index (χ0v) is 9.49. The van der Waals surface area contributed by atoms with Crippen LogP contribution in [0.2, 0.25) is 0 Å². The van der Waals surface area contributed by atoms with E-state index in [0.717, 1.165) is 0 Å². The Bertz CT molecular complexity index is 338. The van der Waals surface area contributed by atoms with Crippen molar-refractivity contribution in [1.82, 2.24) is 15.5 Å². The molecule has 0 bridgehead atoms. The van der Waals surface area contributed by atoms with Gasteiger partial charge in [-0.25, -0.2) is 0 Å². The number of nitrogens with two attached hydrogens (primary N) is 1. The first kappa shape index (κ1) is 12.4. The summed E-state index contributed by atoms with van der Waals surface area (Å²) in [4.78, 5) is 11.4. The first-order chi connectivity index (χ1) is 7.67. The lowest BCUT2D eigenvalue weighted by Crippen LogP contribution is -2.37. The molecule has 1 atom stereocenters. The summed E-state index contributed by atoms with van der Waals surface area (Å²) in [5.74, 6) is 0.356. The smallest absolute Gasteiger partial charge is 0.316 e. The molecule has 4 N–H and O–H groups in total. The number of carbonyl (C=O) groups is 1. The number of hydrogen-bond acceptors (Lipinski definition) is 6. The Morgan fingerprint density at radius 1 is 1.56 bits per heavy atom. The third-order valence-electron chi connectivity index (χ3n) is 1.91. The molecular formula is C9H17N5O2. The fourth-order valence-electron chi connectivity index (χ4n) is 1.11. The highest BCUT2D eigenvalue weighted by Crippen LogP contribution is 2.06. The van der Waals surface area contributed by atoms with Crippen molar-refractivity contribution < 1.29 is 9.21 Å². The van der Waals surface area contributed by atoms with Crippen LogP contribution in [0, 0.1) is 0 Å². The van der Waals surface area contributed by atoms with Gasteiger partial charge in [0.15, 0.2) is 0 Å². The van der Waals surface area contributed by atoms with Crippen molar-refractivity contribution in [3.05, 3.63) is 5.89 Å². The Morgan fingerprint density at radius 3 is 2.94 bits per heavy atom. The Labute approximate surface area is 93.8 Å². The molecular weight excluding hydrogens is 210 g/mol. The van der Waals surface area contributed by atoms with E-state index < -0.39 is 6.04 Å². The third-order valence-corrected chi connectivity index (χ3v) is 1.91. The van der Waals surface area contributed by atoms with Crippen molar-refractivity contribution in [2.45, 2.75) is 26.3 Å². The van der Waals surface area contributed by atoms with Crippen LogP contribution < -0.4 is 16.4 Å². The summed E-state index contributed by atoms with van der Waals surface area (Å²) in [7, 11) is 0. The van der Waals surface area contributed by atoms with E-state index in [2.05, 4.69) is 20.8 Å². The van der Waals surface area contributed by atoms with Gasteiger partial charge < -0.3 is 20.8 Å². The second kappa shape index (κ2) is 6.06. The molecule has 16 heavy (non-hydrogen) atoms. The van der Waals surface area contributed by atoms with Crippen molar-refractivity contribution in [2.24, 2.45) is 5.73 Å². The van der Waals surface area contributed by atoms with Crippen molar-refractivity contribution >= 4 is 11.9 Å². The molecule has 1 aromatic heterocycles. The minimum atomic E-state index is -0.411. The van der Waals surface area contributed by atoms with Crippen LogP contribution in [0.5, 0.6) is 0 Å². The number of nitrogens with zero attached hydrogens (tertiary/aromatic N) is 2. The molecule has 0 aliphatic carbocycles. The Hall–Kier alpha value is -1.63. The van der Waals surface area contributed by atoms with Crippen LogP contribution in [0.1, 0.15) is 19.7 Å². The van der Waals surface area contributed by atoms with Crippen molar-refractivity contribution in [3.8, 4) is 0 Å². The van der Waals surface area contributed by atoms with E-state index in [1.165, 1.54) is 0 Å². The highest BCUT2D eigenvalue weighted by molar-refractivity contribution is 5.83. The van der Waals surface area contributed by atoms with Crippen LogP contribution in [0.25, 0.3) is 0 Å². The zero-order chi connectivity index (χ0) is 12.0. The number of amides is 1. The van der Waals surface area contributed by atoms with Crippen LogP contribution in [-0.4, -0.2) is 35.2 Å². The number of nitrogens with one attached hydrogen (secondary N) is 2. The molecule has 0 saturated heterocycles. The maximum atomic E-state index is 11.4. The predicted octanol–water partition coefficient (Wildman–Crippen LogP) is -0.493. The molecule has 0 fully saturated rings. The Kier molecular flexibility index (Phi) is 4.71. The molecule has 1 rings (SSSR count). The van der Waals surface area contributed by atoms with Gasteiger partial charge in [-0.05, 0) is 13.8 Å². The molecule has 1 unspecified atom stereocenters. The Morgan fingerprint density at radius 2 is 2.31 bits per heavy atom. The molecule has 1 heterocycles. The van der Waals surface area contributed by atoms with E-state index in [0.29, 0.717) is 25.4 Å². The van der Waals surface area contributed by atoms with Gasteiger partial charge in [0.05, 0.1) is 0 Å². The van der Waals surface area contributed by atoms with Gasteiger partial charge in [0, 0.05) is 19.5 Å². The average Bonchev–Trinajstić information content (AvgIpc) is 2.66. The van der Waals surface area contributed by atoms with E-state index in [1.807, 2.05) is 6.92 Å². The summed E-state index contributed by atoms with van der Waals surface area (Å²) in [6.45, 7) is 4.62. The molecule has 0 spiro atoms. The molecule has 0 aliphatic rings. The van der Waals surface area contributed by atoms with Gasteiger partial charge in [-0.1, -0.05) is 5.10 Å². The highest BCUT2D eigenvalue weighted by Gasteiger charge is 2.14. The number of hydrogen-bond donors (Lipinski definition) is 3. The van der Waals surface area contributed by atoms with Crippen LogP contribution in [0.4, 0.5) is 6.01 Å². The number of likely N-dealkylation sites (N-methyl/N-ethyl adjacent to an activating group) is 1. The van der Waals surface area contributed by atoms with Gasteiger partial charge in [-0.15, -0.1) is 5.10 Å². The first-order valence-electron chi connectivity index (χ1n) is 5.24. The van der Waals surface area contributed by atoms with Crippen LogP contribution in [0.15, 0.2) is 4.42 Å². The quantitative estimate of drug-likeness (QED) is 0.605. The standard InChI is InChI=1S/C9H17N5O2/c1-3-11-8(15)6(2)12-9-14-13-7(16-9)4-5-10/h6H,3-5,10H2,1-2H3,(H,11,15)(H,12,14). The lowest BCUT2D eigenvalue weighted by Gasteiger charge is -2.10. The number of carbonyl (C=O) groups excluding carboxylic acids is 1. The number of anilines is 1. The van der Waals surface area contributed by atoms with Crippen molar-refractivity contribution in [1.29, 1.82) is 0 Å². The molecule has 90 valence electrons. The predicted molar refractivity (Wildman–Crippen MR) is 58.8 cm³/mol. The van der Waals surface area contributed by atoms with E-state index in [1.54, 1.807) is 6.92 Å². The van der Waals surface area contributed by atoms with Crippen molar-refractivity contribution in [3.63, 3.8) is 0 Å². The van der Waals surface area contributed by atoms with Crippen LogP contribution in [0.3, 0.4) is 0 Å². The summed E-state index contributed by atoms with van der Waals surface area (Å²) in [6, 6.07) is -0.173. The van der Waals surface area contributed by atoms with E-state index >= 15 is 0 Å². The average molecular weight is 227 g/mol. The summed E-state index contributed by atoms with van der Waals surface area (Å²) in [6.07, 6.45) is 0.532. The third kappa shape index (κ3) is 3.50. The van der Waals surface area contributed by atoms with E-state index in [4.69, 9.17) is 10.2 Å². The van der Waals surface area contributed by atoms with Gasteiger partial charge in [0.1, 0.15) is 6.04 Å². The molecule has 1 amide bonds. The second-order valence-corrected chi connectivity index (χ2v) is 3.30. The first-order valence-corrected chi connectivity index (χ1v) is 5.24. The van der Waals surface area contributed by atoms with Gasteiger partial charge in [0.25, 0.3) is 0 Å². The van der Waals surface area contributed by atoms with Crippen LogP contribution >= 0.6 is 0 Å². The SMILES string of the molecule is CCNC(=O)C(C)Nc1nnc(CCN)o1. The highest BCUT2D eigenvalue weighted by atomic mass is 16.4. The molecule has 0 radical (unpaired) electrons. The summed E-state index contributed by atoms with van der Waals surface area (Å²) >= 11 is 0. The minimum absolute atomic E-state index is 0.110. The van der Waals surface area contributed by atoms with E-state index in [9.17, 15) is 4.79 Å². The monoisotopic (exact) mass is 227 g/mol. The number of aromatic nitrogens is 2. The largest absolute Gasteiger partial charge is 0.408 e. The maximum Gasteiger partial charge on any atom is 0.316 e. The molecule has 0 saturated carbocycles. The maximum absolute atomic E-state index is 11.4. The normalized spacial score (nSPS) is 12.2. The molecule has 7 heteroatoms. The van der Waals surface area contributed by atoms with Gasteiger partial charge in [-0.2, -0.15) is 0 Å². The van der Waals surface area contributed by atoms with Gasteiger partial charge in [0.2, 0.25) is 11.8 Å². The number of rotatable bonds is 6. The fraction of sp³-hybridized carbons (Fsp3) is 0.667. The summed E-state index contributed by atoms with van der Waals surface area (Å²) < 4.78 is 5.23. The molecule has 0 aromatic carbocycles. The van der Waals surface area contributed by atoms with Gasteiger partial charge >= 0.3 is 6.01 Å². The summed E-state index contributed by atoms with van der Waals surface area (Å²) in [5, 5.41) is 13.0. The van der Waals surface area contributed by atoms with Crippen molar-refractivity contribution in [2.75, 3.05) is 18.4 Å². The molecule has 1 aromatic rings. The van der Waals surface area contributed by atoms with E-state index in [-0.39, 0.29) is 11.9 Å². The minimum Gasteiger partial charge on any atom is -0.408 e.